The third-order valence-electron chi connectivity index (χ3n) is 8.90. The summed E-state index contributed by atoms with van der Waals surface area (Å²) in [6.07, 6.45) is 6.39. The van der Waals surface area contributed by atoms with Gasteiger partial charge in [0.05, 0.1) is 0 Å². The molecule has 47 heavy (non-hydrogen) atoms. The van der Waals surface area contributed by atoms with Crippen LogP contribution in [0.25, 0.3) is 39.0 Å². The Morgan fingerprint density at radius 1 is 0.468 bits per heavy atom. The highest BCUT2D eigenvalue weighted by atomic mass is 79.9. The molecular formula is C42H29BrN2O2. The van der Waals surface area contributed by atoms with E-state index in [-0.39, 0.29) is 0 Å². The summed E-state index contributed by atoms with van der Waals surface area (Å²) < 4.78 is 13.4. The number of fused-ring (bicyclic) bond motifs is 6. The lowest BCUT2D eigenvalue weighted by molar-refractivity contribution is 0.546. The number of para-hydroxylation sites is 3. The van der Waals surface area contributed by atoms with Crippen molar-refractivity contribution in [3.8, 4) is 0 Å². The first-order valence-corrected chi connectivity index (χ1v) is 16.6. The van der Waals surface area contributed by atoms with Gasteiger partial charge in [-0.05, 0) is 91.3 Å². The molecule has 0 atom stereocenters. The summed E-state index contributed by atoms with van der Waals surface area (Å²) in [6.45, 7) is 0. The molecule has 0 unspecified atom stereocenters. The molecule has 2 heterocycles. The Bertz CT molecular complexity index is 2440. The van der Waals surface area contributed by atoms with Gasteiger partial charge in [-0.2, -0.15) is 0 Å². The standard InChI is InChI=1S/C42H29BrN2O2/c43-28-23-33(44(29-11-3-1-4-12-29)31-19-21-41-37(26-31)35-15-7-9-17-39(35)46-41)25-34(24-28)45(30-13-5-2-6-14-30)32-20-22-42-38(27-32)36-16-8-10-18-40(36)47-42/h1-9,11-17,19-27H,10,18H2. The summed E-state index contributed by atoms with van der Waals surface area (Å²) in [4.78, 5) is 4.62. The third kappa shape index (κ3) is 4.91. The fraction of sp³-hybridized carbons (Fsp3) is 0.0476. The molecule has 1 aliphatic carbocycles. The van der Waals surface area contributed by atoms with E-state index in [1.807, 2.05) is 12.1 Å². The third-order valence-corrected chi connectivity index (χ3v) is 9.36. The number of hydrogen-bond donors (Lipinski definition) is 0. The van der Waals surface area contributed by atoms with E-state index in [9.17, 15) is 0 Å². The van der Waals surface area contributed by atoms with Crippen molar-refractivity contribution in [1.29, 1.82) is 0 Å². The van der Waals surface area contributed by atoms with Crippen LogP contribution in [0, 0.1) is 0 Å². The number of rotatable bonds is 6. The molecule has 0 amide bonds. The minimum atomic E-state index is 0.875. The van der Waals surface area contributed by atoms with E-state index in [2.05, 4.69) is 165 Å². The summed E-state index contributed by atoms with van der Waals surface area (Å²) in [5.41, 5.74) is 10.2. The van der Waals surface area contributed by atoms with Gasteiger partial charge in [0.25, 0.3) is 0 Å². The van der Waals surface area contributed by atoms with E-state index in [1.54, 1.807) is 0 Å². The number of anilines is 6. The Morgan fingerprint density at radius 2 is 1.04 bits per heavy atom. The number of hydrogen-bond acceptors (Lipinski definition) is 4. The van der Waals surface area contributed by atoms with Crippen LogP contribution in [-0.4, -0.2) is 0 Å². The van der Waals surface area contributed by atoms with Crippen LogP contribution in [0.3, 0.4) is 0 Å². The summed E-state index contributed by atoms with van der Waals surface area (Å²) in [5.74, 6) is 1.07. The van der Waals surface area contributed by atoms with Crippen molar-refractivity contribution in [3.05, 3.63) is 161 Å². The SMILES string of the molecule is Brc1cc(N(c2ccccc2)c2ccc3oc4c(c3c2)C=CCC4)cc(N(c2ccccc2)c2ccc3oc4ccccc4c3c2)c1. The highest BCUT2D eigenvalue weighted by molar-refractivity contribution is 9.10. The average molecular weight is 674 g/mol. The van der Waals surface area contributed by atoms with Crippen LogP contribution in [0.4, 0.5) is 34.1 Å². The Kier molecular flexibility index (Phi) is 6.72. The maximum atomic E-state index is 6.27. The normalized spacial score (nSPS) is 12.5. The van der Waals surface area contributed by atoms with Crippen molar-refractivity contribution < 1.29 is 8.83 Å². The number of aryl methyl sites for hydroxylation is 1. The number of halogens is 1. The molecule has 4 nitrogen and oxygen atoms in total. The molecule has 0 N–H and O–H groups in total. The van der Waals surface area contributed by atoms with Gasteiger partial charge in [0, 0.05) is 66.7 Å². The number of nitrogens with zero attached hydrogens (tertiary/aromatic N) is 2. The largest absolute Gasteiger partial charge is 0.460 e. The second-order valence-electron chi connectivity index (χ2n) is 11.8. The van der Waals surface area contributed by atoms with E-state index < -0.39 is 0 Å². The van der Waals surface area contributed by atoms with Gasteiger partial charge in [0.2, 0.25) is 0 Å². The lowest BCUT2D eigenvalue weighted by Crippen LogP contribution is -2.13. The molecule has 0 bridgehead atoms. The molecule has 0 radical (unpaired) electrons. The molecule has 5 heteroatoms. The van der Waals surface area contributed by atoms with Gasteiger partial charge < -0.3 is 18.6 Å². The van der Waals surface area contributed by atoms with Crippen molar-refractivity contribution in [2.45, 2.75) is 12.8 Å². The van der Waals surface area contributed by atoms with Crippen molar-refractivity contribution in [3.63, 3.8) is 0 Å². The monoisotopic (exact) mass is 672 g/mol. The molecule has 0 saturated carbocycles. The molecule has 0 saturated heterocycles. The first-order valence-electron chi connectivity index (χ1n) is 15.8. The highest BCUT2D eigenvalue weighted by Gasteiger charge is 2.21. The zero-order valence-electron chi connectivity index (χ0n) is 25.4. The Labute approximate surface area is 280 Å². The molecule has 1 aliphatic rings. The minimum absolute atomic E-state index is 0.875. The summed E-state index contributed by atoms with van der Waals surface area (Å²) >= 11 is 3.90. The molecule has 6 aromatic carbocycles. The van der Waals surface area contributed by atoms with Gasteiger partial charge in [-0.25, -0.2) is 0 Å². The van der Waals surface area contributed by atoms with E-state index in [4.69, 9.17) is 8.83 Å². The fourth-order valence-electron chi connectivity index (χ4n) is 6.80. The molecule has 9 rings (SSSR count). The molecule has 8 aromatic rings. The predicted molar refractivity (Wildman–Crippen MR) is 198 cm³/mol. The topological polar surface area (TPSA) is 32.8 Å². The van der Waals surface area contributed by atoms with Gasteiger partial charge in [0.15, 0.2) is 0 Å². The summed E-state index contributed by atoms with van der Waals surface area (Å²) in [6, 6.07) is 48.9. The lowest BCUT2D eigenvalue weighted by atomic mass is 10.0. The van der Waals surface area contributed by atoms with E-state index >= 15 is 0 Å². The maximum absolute atomic E-state index is 6.27. The smallest absolute Gasteiger partial charge is 0.135 e. The Hall–Kier alpha value is -5.52. The second-order valence-corrected chi connectivity index (χ2v) is 12.8. The Balaban J connectivity index is 1.23. The van der Waals surface area contributed by atoms with Crippen LogP contribution in [0.15, 0.2) is 159 Å². The van der Waals surface area contributed by atoms with Gasteiger partial charge in [-0.1, -0.05) is 82.7 Å². The van der Waals surface area contributed by atoms with Crippen molar-refractivity contribution >= 4 is 89.0 Å². The summed E-state index contributed by atoms with van der Waals surface area (Å²) in [7, 11) is 0. The first-order chi connectivity index (χ1) is 23.2. The molecular weight excluding hydrogens is 644 g/mol. The maximum Gasteiger partial charge on any atom is 0.135 e. The summed E-state index contributed by atoms with van der Waals surface area (Å²) in [5, 5.41) is 3.33. The molecule has 0 aliphatic heterocycles. The number of allylic oxidation sites excluding steroid dienone is 1. The first kappa shape index (κ1) is 27.8. The zero-order chi connectivity index (χ0) is 31.3. The quantitative estimate of drug-likeness (QED) is 0.176. The average Bonchev–Trinajstić information content (AvgIpc) is 3.67. The zero-order valence-corrected chi connectivity index (χ0v) is 27.0. The highest BCUT2D eigenvalue weighted by Crippen LogP contribution is 2.44. The van der Waals surface area contributed by atoms with Crippen LogP contribution in [0.5, 0.6) is 0 Å². The lowest BCUT2D eigenvalue weighted by Gasteiger charge is -2.30. The van der Waals surface area contributed by atoms with Crippen molar-refractivity contribution in [2.75, 3.05) is 9.80 Å². The van der Waals surface area contributed by atoms with Gasteiger partial charge >= 0.3 is 0 Å². The number of furan rings is 2. The molecule has 2 aromatic heterocycles. The van der Waals surface area contributed by atoms with Crippen molar-refractivity contribution in [1.82, 2.24) is 0 Å². The molecule has 0 spiro atoms. The van der Waals surface area contributed by atoms with E-state index in [1.165, 1.54) is 5.56 Å². The van der Waals surface area contributed by atoms with E-state index in [0.717, 1.165) is 90.1 Å². The predicted octanol–water partition coefficient (Wildman–Crippen LogP) is 13.0. The fourth-order valence-corrected chi connectivity index (χ4v) is 7.27. The van der Waals surface area contributed by atoms with E-state index in [0.29, 0.717) is 0 Å². The minimum Gasteiger partial charge on any atom is -0.460 e. The molecule has 226 valence electrons. The Morgan fingerprint density at radius 3 is 1.72 bits per heavy atom. The molecule has 0 fully saturated rings. The van der Waals surface area contributed by atoms with Crippen LogP contribution < -0.4 is 9.80 Å². The van der Waals surface area contributed by atoms with Crippen LogP contribution in [-0.2, 0) is 6.42 Å². The van der Waals surface area contributed by atoms with Gasteiger partial charge in [-0.15, -0.1) is 0 Å². The van der Waals surface area contributed by atoms with Crippen molar-refractivity contribution in [2.24, 2.45) is 0 Å². The van der Waals surface area contributed by atoms with Crippen LogP contribution in [0.1, 0.15) is 17.7 Å². The van der Waals surface area contributed by atoms with Gasteiger partial charge in [-0.3, -0.25) is 0 Å². The van der Waals surface area contributed by atoms with Crippen LogP contribution >= 0.6 is 15.9 Å². The van der Waals surface area contributed by atoms with Gasteiger partial charge in [0.1, 0.15) is 22.5 Å². The van der Waals surface area contributed by atoms with Crippen LogP contribution in [0.2, 0.25) is 0 Å². The number of benzene rings is 6. The second kappa shape index (κ2) is 11.4.